The number of amides is 1. The molecule has 0 fully saturated rings. The molecule has 0 spiro atoms. The Bertz CT molecular complexity index is 1210. The summed E-state index contributed by atoms with van der Waals surface area (Å²) in [4.78, 5) is 17.6. The molecular formula is C21H14Cl2FN3O. The van der Waals surface area contributed by atoms with Crippen molar-refractivity contribution in [1.29, 1.82) is 0 Å². The Morgan fingerprint density at radius 3 is 2.57 bits per heavy atom. The van der Waals surface area contributed by atoms with Gasteiger partial charge in [-0.3, -0.25) is 9.20 Å². The van der Waals surface area contributed by atoms with Crippen LogP contribution in [0.3, 0.4) is 0 Å². The van der Waals surface area contributed by atoms with Gasteiger partial charge in [0.05, 0.1) is 15.6 Å². The number of aromatic nitrogens is 2. The number of anilines is 1. The third-order valence-electron chi connectivity index (χ3n) is 4.38. The molecular weight excluding hydrogens is 400 g/mol. The van der Waals surface area contributed by atoms with Gasteiger partial charge in [-0.2, -0.15) is 0 Å². The molecule has 1 amide bonds. The van der Waals surface area contributed by atoms with Crippen LogP contribution in [0.1, 0.15) is 15.9 Å². The number of nitrogens with zero attached hydrogens (tertiary/aromatic N) is 2. The van der Waals surface area contributed by atoms with Gasteiger partial charge in [0, 0.05) is 11.8 Å². The fourth-order valence-electron chi connectivity index (χ4n) is 2.99. The van der Waals surface area contributed by atoms with Crippen molar-refractivity contribution in [2.75, 3.05) is 5.32 Å². The predicted octanol–water partition coefficient (Wildman–Crippen LogP) is 6.01. The second-order valence-electron chi connectivity index (χ2n) is 6.26. The molecule has 140 valence electrons. The largest absolute Gasteiger partial charge is 0.306 e. The number of rotatable bonds is 3. The average molecular weight is 414 g/mol. The molecule has 0 unspecified atom stereocenters. The highest BCUT2D eigenvalue weighted by atomic mass is 35.5. The van der Waals surface area contributed by atoms with E-state index < -0.39 is 11.7 Å². The minimum Gasteiger partial charge on any atom is -0.306 e. The molecule has 4 aromatic rings. The van der Waals surface area contributed by atoms with Crippen molar-refractivity contribution in [2.24, 2.45) is 0 Å². The zero-order valence-corrected chi connectivity index (χ0v) is 16.2. The van der Waals surface area contributed by atoms with E-state index in [2.05, 4.69) is 5.32 Å². The Morgan fingerprint density at radius 1 is 1.07 bits per heavy atom. The van der Waals surface area contributed by atoms with Gasteiger partial charge in [-0.05, 0) is 30.7 Å². The fourth-order valence-corrected chi connectivity index (χ4v) is 3.46. The lowest BCUT2D eigenvalue weighted by atomic mass is 10.1. The van der Waals surface area contributed by atoms with E-state index in [1.807, 2.05) is 49.4 Å². The van der Waals surface area contributed by atoms with Crippen molar-refractivity contribution in [2.45, 2.75) is 6.92 Å². The first-order chi connectivity index (χ1) is 13.5. The van der Waals surface area contributed by atoms with Gasteiger partial charge >= 0.3 is 0 Å². The zero-order valence-electron chi connectivity index (χ0n) is 14.7. The van der Waals surface area contributed by atoms with Crippen LogP contribution in [0.25, 0.3) is 16.9 Å². The summed E-state index contributed by atoms with van der Waals surface area (Å²) >= 11 is 11.8. The van der Waals surface area contributed by atoms with E-state index in [-0.39, 0.29) is 15.6 Å². The molecule has 2 aromatic carbocycles. The van der Waals surface area contributed by atoms with Crippen LogP contribution in [0.2, 0.25) is 10.0 Å². The van der Waals surface area contributed by atoms with Gasteiger partial charge in [0.1, 0.15) is 23.0 Å². The van der Waals surface area contributed by atoms with Crippen LogP contribution in [-0.2, 0) is 0 Å². The SMILES string of the molecule is Cc1cccn2c(NC(=O)c3cc(F)c(Cl)cc3Cl)c(-c3ccccc3)nc12. The maximum atomic E-state index is 13.9. The van der Waals surface area contributed by atoms with Crippen molar-refractivity contribution < 1.29 is 9.18 Å². The topological polar surface area (TPSA) is 46.4 Å². The van der Waals surface area contributed by atoms with Crippen LogP contribution < -0.4 is 5.32 Å². The van der Waals surface area contributed by atoms with E-state index in [4.69, 9.17) is 28.2 Å². The first-order valence-corrected chi connectivity index (χ1v) is 9.20. The maximum Gasteiger partial charge on any atom is 0.258 e. The summed E-state index contributed by atoms with van der Waals surface area (Å²) in [5, 5.41) is 2.75. The summed E-state index contributed by atoms with van der Waals surface area (Å²) in [6, 6.07) is 15.5. The van der Waals surface area contributed by atoms with E-state index in [0.29, 0.717) is 17.2 Å². The molecule has 2 heterocycles. The number of aryl methyl sites for hydroxylation is 1. The van der Waals surface area contributed by atoms with Crippen molar-refractivity contribution in [1.82, 2.24) is 9.38 Å². The molecule has 0 aliphatic rings. The van der Waals surface area contributed by atoms with Crippen molar-refractivity contribution >= 4 is 40.6 Å². The maximum absolute atomic E-state index is 13.9. The molecule has 2 aromatic heterocycles. The first kappa shape index (κ1) is 18.5. The second kappa shape index (κ2) is 7.26. The van der Waals surface area contributed by atoms with Gasteiger partial charge < -0.3 is 5.32 Å². The molecule has 0 bridgehead atoms. The van der Waals surface area contributed by atoms with Crippen molar-refractivity contribution in [3.8, 4) is 11.3 Å². The van der Waals surface area contributed by atoms with Crippen LogP contribution in [0, 0.1) is 12.7 Å². The van der Waals surface area contributed by atoms with E-state index in [0.717, 1.165) is 17.2 Å². The normalized spacial score (nSPS) is 11.0. The third kappa shape index (κ3) is 3.23. The summed E-state index contributed by atoms with van der Waals surface area (Å²) in [6.07, 6.45) is 1.81. The Kier molecular flexibility index (Phi) is 4.79. The number of fused-ring (bicyclic) bond motifs is 1. The standard InChI is InChI=1S/C21H14Cl2FN3O/c1-12-6-5-9-27-19(12)25-18(13-7-3-2-4-8-13)20(27)26-21(28)14-10-17(24)16(23)11-15(14)22/h2-11H,1H3,(H,26,28). The third-order valence-corrected chi connectivity index (χ3v) is 4.98. The Morgan fingerprint density at radius 2 is 1.82 bits per heavy atom. The molecule has 4 nitrogen and oxygen atoms in total. The highest BCUT2D eigenvalue weighted by molar-refractivity contribution is 6.37. The number of hydrogen-bond acceptors (Lipinski definition) is 2. The van der Waals surface area contributed by atoms with Crippen LogP contribution in [-0.4, -0.2) is 15.3 Å². The quantitative estimate of drug-likeness (QED) is 0.418. The fraction of sp³-hybridized carbons (Fsp3) is 0.0476. The number of carbonyl (C=O) groups is 1. The molecule has 28 heavy (non-hydrogen) atoms. The van der Waals surface area contributed by atoms with Gasteiger partial charge in [-0.25, -0.2) is 9.37 Å². The smallest absolute Gasteiger partial charge is 0.258 e. The number of halogens is 3. The average Bonchev–Trinajstić information content (AvgIpc) is 3.05. The predicted molar refractivity (Wildman–Crippen MR) is 110 cm³/mol. The Balaban J connectivity index is 1.85. The van der Waals surface area contributed by atoms with Gasteiger partial charge in [0.25, 0.3) is 5.91 Å². The van der Waals surface area contributed by atoms with Crippen LogP contribution in [0.15, 0.2) is 60.8 Å². The molecule has 4 rings (SSSR count). The molecule has 1 N–H and O–H groups in total. The van der Waals surface area contributed by atoms with Gasteiger partial charge in [0.2, 0.25) is 0 Å². The highest BCUT2D eigenvalue weighted by Crippen LogP contribution is 2.31. The zero-order chi connectivity index (χ0) is 19.8. The number of carbonyl (C=O) groups excluding carboxylic acids is 1. The van der Waals surface area contributed by atoms with Gasteiger partial charge in [0.15, 0.2) is 0 Å². The molecule has 0 saturated heterocycles. The first-order valence-electron chi connectivity index (χ1n) is 8.44. The molecule has 0 saturated carbocycles. The lowest BCUT2D eigenvalue weighted by Crippen LogP contribution is -2.15. The molecule has 0 radical (unpaired) electrons. The van der Waals surface area contributed by atoms with Crippen molar-refractivity contribution in [3.05, 3.63) is 87.8 Å². The lowest BCUT2D eigenvalue weighted by molar-refractivity contribution is 0.102. The monoisotopic (exact) mass is 413 g/mol. The van der Waals surface area contributed by atoms with Gasteiger partial charge in [-0.1, -0.05) is 59.6 Å². The summed E-state index contributed by atoms with van der Waals surface area (Å²) in [7, 11) is 0. The van der Waals surface area contributed by atoms with E-state index in [1.165, 1.54) is 6.07 Å². The summed E-state index contributed by atoms with van der Waals surface area (Å²) in [5.41, 5.74) is 3.11. The summed E-state index contributed by atoms with van der Waals surface area (Å²) < 4.78 is 15.6. The van der Waals surface area contributed by atoms with Gasteiger partial charge in [-0.15, -0.1) is 0 Å². The van der Waals surface area contributed by atoms with Crippen LogP contribution in [0.5, 0.6) is 0 Å². The molecule has 0 atom stereocenters. The molecule has 0 aliphatic carbocycles. The number of nitrogens with one attached hydrogen (secondary N) is 1. The van der Waals surface area contributed by atoms with Crippen LogP contribution >= 0.6 is 23.2 Å². The van der Waals surface area contributed by atoms with E-state index in [1.54, 1.807) is 10.6 Å². The lowest BCUT2D eigenvalue weighted by Gasteiger charge is -2.10. The molecule has 7 heteroatoms. The minimum absolute atomic E-state index is 0.00909. The minimum atomic E-state index is -0.714. The highest BCUT2D eigenvalue weighted by Gasteiger charge is 2.20. The number of hydrogen-bond donors (Lipinski definition) is 1. The van der Waals surface area contributed by atoms with Crippen molar-refractivity contribution in [3.63, 3.8) is 0 Å². The summed E-state index contributed by atoms with van der Waals surface area (Å²) in [6.45, 7) is 1.94. The number of pyridine rings is 1. The molecule has 0 aliphatic heterocycles. The van der Waals surface area contributed by atoms with E-state index in [9.17, 15) is 9.18 Å². The summed E-state index contributed by atoms with van der Waals surface area (Å²) in [5.74, 6) is -0.795. The second-order valence-corrected chi connectivity index (χ2v) is 7.07. The number of imidazole rings is 1. The Hall–Kier alpha value is -2.89. The number of benzene rings is 2. The Labute approximate surface area is 170 Å². The van der Waals surface area contributed by atoms with E-state index >= 15 is 0 Å². The van der Waals surface area contributed by atoms with Crippen LogP contribution in [0.4, 0.5) is 10.2 Å².